The van der Waals surface area contributed by atoms with Crippen LogP contribution >= 0.6 is 23.2 Å². The molecule has 0 aliphatic heterocycles. The second-order valence-corrected chi connectivity index (χ2v) is 6.03. The maximum Gasteiger partial charge on any atom is 0.146 e. The fraction of sp³-hybridized carbons (Fsp3) is 0.0526. The van der Waals surface area contributed by atoms with Gasteiger partial charge in [0.15, 0.2) is 0 Å². The van der Waals surface area contributed by atoms with Crippen LogP contribution in [-0.4, -0.2) is 11.2 Å². The lowest BCUT2D eigenvalue weighted by Crippen LogP contribution is -1.97. The molecule has 0 fully saturated rings. The predicted molar refractivity (Wildman–Crippen MR) is 103 cm³/mol. The third kappa shape index (κ3) is 5.21. The molecule has 3 rings (SSSR count). The SMILES string of the molecule is Clc1ccc(COc2cccc(C=NNc3ccccn3)c2)c(Cl)c1. The molecule has 3 aromatic rings. The highest BCUT2D eigenvalue weighted by Gasteiger charge is 2.03. The quantitative estimate of drug-likeness (QED) is 0.465. The van der Waals surface area contributed by atoms with Crippen LogP contribution in [-0.2, 0) is 6.61 Å². The number of hydrogen-bond acceptors (Lipinski definition) is 4. The Morgan fingerprint density at radius 2 is 1.96 bits per heavy atom. The van der Waals surface area contributed by atoms with Gasteiger partial charge >= 0.3 is 0 Å². The molecule has 0 amide bonds. The van der Waals surface area contributed by atoms with Crippen LogP contribution in [0.5, 0.6) is 5.75 Å². The van der Waals surface area contributed by atoms with Crippen LogP contribution in [0.25, 0.3) is 0 Å². The molecular weight excluding hydrogens is 357 g/mol. The number of benzene rings is 2. The van der Waals surface area contributed by atoms with Crippen LogP contribution in [0.15, 0.2) is 72.0 Å². The lowest BCUT2D eigenvalue weighted by atomic mass is 10.2. The van der Waals surface area contributed by atoms with Crippen LogP contribution in [0.3, 0.4) is 0 Å². The van der Waals surface area contributed by atoms with Crippen molar-refractivity contribution in [3.05, 3.63) is 88.0 Å². The van der Waals surface area contributed by atoms with Gasteiger partial charge < -0.3 is 4.74 Å². The Bertz CT molecular complexity index is 870. The molecule has 1 aromatic heterocycles. The molecule has 2 aromatic carbocycles. The maximum absolute atomic E-state index is 6.15. The van der Waals surface area contributed by atoms with Gasteiger partial charge in [-0.1, -0.05) is 47.5 Å². The Morgan fingerprint density at radius 3 is 2.76 bits per heavy atom. The van der Waals surface area contributed by atoms with Gasteiger partial charge in [0, 0.05) is 21.8 Å². The van der Waals surface area contributed by atoms with Crippen LogP contribution < -0.4 is 10.2 Å². The molecule has 25 heavy (non-hydrogen) atoms. The molecule has 0 saturated carbocycles. The third-order valence-electron chi connectivity index (χ3n) is 3.33. The van der Waals surface area contributed by atoms with E-state index in [1.807, 2.05) is 48.5 Å². The first-order valence-corrected chi connectivity index (χ1v) is 8.33. The van der Waals surface area contributed by atoms with Crippen molar-refractivity contribution in [1.29, 1.82) is 0 Å². The van der Waals surface area contributed by atoms with E-state index in [4.69, 9.17) is 27.9 Å². The third-order valence-corrected chi connectivity index (χ3v) is 3.91. The van der Waals surface area contributed by atoms with Gasteiger partial charge in [0.25, 0.3) is 0 Å². The zero-order chi connectivity index (χ0) is 17.5. The first kappa shape index (κ1) is 17.3. The van der Waals surface area contributed by atoms with Crippen molar-refractivity contribution in [2.45, 2.75) is 6.61 Å². The molecule has 6 heteroatoms. The van der Waals surface area contributed by atoms with Crippen molar-refractivity contribution in [2.24, 2.45) is 5.10 Å². The van der Waals surface area contributed by atoms with E-state index in [2.05, 4.69) is 15.5 Å². The van der Waals surface area contributed by atoms with Crippen molar-refractivity contribution >= 4 is 35.2 Å². The highest BCUT2D eigenvalue weighted by molar-refractivity contribution is 6.35. The zero-order valence-corrected chi connectivity index (χ0v) is 14.7. The van der Waals surface area contributed by atoms with Crippen LogP contribution in [0.1, 0.15) is 11.1 Å². The fourth-order valence-corrected chi connectivity index (χ4v) is 2.55. The average molecular weight is 372 g/mol. The molecule has 0 aliphatic carbocycles. The van der Waals surface area contributed by atoms with E-state index in [9.17, 15) is 0 Å². The number of ether oxygens (including phenoxy) is 1. The molecule has 1 N–H and O–H groups in total. The van der Waals surface area contributed by atoms with E-state index >= 15 is 0 Å². The molecule has 1 heterocycles. The Balaban J connectivity index is 1.61. The summed E-state index contributed by atoms with van der Waals surface area (Å²) in [6.45, 7) is 0.364. The van der Waals surface area contributed by atoms with Gasteiger partial charge in [0.1, 0.15) is 18.2 Å². The summed E-state index contributed by atoms with van der Waals surface area (Å²) in [4.78, 5) is 4.13. The van der Waals surface area contributed by atoms with E-state index in [0.29, 0.717) is 22.5 Å². The zero-order valence-electron chi connectivity index (χ0n) is 13.2. The summed E-state index contributed by atoms with van der Waals surface area (Å²) >= 11 is 12.1. The van der Waals surface area contributed by atoms with E-state index in [1.165, 1.54) is 0 Å². The highest BCUT2D eigenvalue weighted by atomic mass is 35.5. The molecule has 0 saturated heterocycles. The normalized spacial score (nSPS) is 10.8. The minimum atomic E-state index is 0.364. The first-order valence-electron chi connectivity index (χ1n) is 7.57. The molecule has 0 unspecified atom stereocenters. The molecule has 0 aliphatic rings. The molecule has 0 spiro atoms. The van der Waals surface area contributed by atoms with Crippen molar-refractivity contribution in [1.82, 2.24) is 4.98 Å². The minimum Gasteiger partial charge on any atom is -0.489 e. The Morgan fingerprint density at radius 1 is 1.04 bits per heavy atom. The van der Waals surface area contributed by atoms with Gasteiger partial charge in [-0.3, -0.25) is 5.43 Å². The lowest BCUT2D eigenvalue weighted by Gasteiger charge is -2.08. The predicted octanol–water partition coefficient (Wildman–Crippen LogP) is 5.41. The number of anilines is 1. The number of aromatic nitrogens is 1. The largest absolute Gasteiger partial charge is 0.489 e. The fourth-order valence-electron chi connectivity index (χ4n) is 2.09. The van der Waals surface area contributed by atoms with Gasteiger partial charge in [-0.2, -0.15) is 5.10 Å². The van der Waals surface area contributed by atoms with E-state index in [0.717, 1.165) is 16.9 Å². The van der Waals surface area contributed by atoms with Crippen molar-refractivity contribution in [2.75, 3.05) is 5.43 Å². The van der Waals surface area contributed by atoms with Crippen molar-refractivity contribution in [3.63, 3.8) is 0 Å². The summed E-state index contributed by atoms with van der Waals surface area (Å²) in [6, 6.07) is 18.5. The van der Waals surface area contributed by atoms with Crippen LogP contribution in [0, 0.1) is 0 Å². The van der Waals surface area contributed by atoms with Gasteiger partial charge in [0.2, 0.25) is 0 Å². The molecule has 0 atom stereocenters. The van der Waals surface area contributed by atoms with Crippen molar-refractivity contribution in [3.8, 4) is 5.75 Å². The Labute approximate surface area is 156 Å². The molecular formula is C19H15Cl2N3O. The van der Waals surface area contributed by atoms with Gasteiger partial charge in [-0.05, 0) is 42.0 Å². The topological polar surface area (TPSA) is 46.5 Å². The first-order chi connectivity index (χ1) is 12.2. The minimum absolute atomic E-state index is 0.364. The van der Waals surface area contributed by atoms with Gasteiger partial charge in [0.05, 0.1) is 6.21 Å². The lowest BCUT2D eigenvalue weighted by molar-refractivity contribution is 0.306. The highest BCUT2D eigenvalue weighted by Crippen LogP contribution is 2.23. The summed E-state index contributed by atoms with van der Waals surface area (Å²) in [5.74, 6) is 1.41. The summed E-state index contributed by atoms with van der Waals surface area (Å²) in [6.07, 6.45) is 3.41. The molecule has 0 bridgehead atoms. The smallest absolute Gasteiger partial charge is 0.146 e. The van der Waals surface area contributed by atoms with Gasteiger partial charge in [-0.15, -0.1) is 0 Å². The second kappa shape index (κ2) is 8.51. The number of rotatable bonds is 6. The monoisotopic (exact) mass is 371 g/mol. The summed E-state index contributed by atoms with van der Waals surface area (Å²) in [7, 11) is 0. The van der Waals surface area contributed by atoms with Crippen LogP contribution in [0.2, 0.25) is 10.0 Å². The summed E-state index contributed by atoms with van der Waals surface area (Å²) < 4.78 is 5.80. The number of hydrazone groups is 1. The number of nitrogens with zero attached hydrogens (tertiary/aromatic N) is 2. The van der Waals surface area contributed by atoms with Crippen molar-refractivity contribution < 1.29 is 4.74 Å². The number of pyridine rings is 1. The standard InChI is InChI=1S/C19H15Cl2N3O/c20-16-8-7-15(18(21)11-16)13-25-17-5-3-4-14(10-17)12-23-24-19-6-1-2-9-22-19/h1-12H,13H2,(H,22,24). The molecule has 0 radical (unpaired) electrons. The summed E-state index contributed by atoms with van der Waals surface area (Å²) in [5.41, 5.74) is 4.65. The van der Waals surface area contributed by atoms with E-state index in [-0.39, 0.29) is 0 Å². The van der Waals surface area contributed by atoms with E-state index in [1.54, 1.807) is 24.5 Å². The average Bonchev–Trinajstić information content (AvgIpc) is 2.62. The van der Waals surface area contributed by atoms with Gasteiger partial charge in [-0.25, -0.2) is 4.98 Å². The van der Waals surface area contributed by atoms with E-state index < -0.39 is 0 Å². The Kier molecular flexibility index (Phi) is 5.88. The maximum atomic E-state index is 6.15. The number of nitrogens with one attached hydrogen (secondary N) is 1. The molecule has 4 nitrogen and oxygen atoms in total. The number of hydrogen-bond donors (Lipinski definition) is 1. The Hall–Kier alpha value is -2.56. The molecule has 126 valence electrons. The number of halogens is 2. The second-order valence-electron chi connectivity index (χ2n) is 5.18. The van der Waals surface area contributed by atoms with Crippen LogP contribution in [0.4, 0.5) is 5.82 Å². The summed E-state index contributed by atoms with van der Waals surface area (Å²) in [5, 5.41) is 5.36.